The minimum Gasteiger partial charge on any atom is -0.392 e. The number of anilines is 1. The van der Waals surface area contributed by atoms with Crippen molar-refractivity contribution < 1.29 is 13.5 Å². The Hall–Kier alpha value is -1.37. The molecule has 1 atom stereocenters. The Morgan fingerprint density at radius 1 is 1.24 bits per heavy atom. The van der Waals surface area contributed by atoms with Crippen molar-refractivity contribution in [1.82, 2.24) is 0 Å². The summed E-state index contributed by atoms with van der Waals surface area (Å²) >= 11 is 1.46. The van der Waals surface area contributed by atoms with Crippen LogP contribution in [-0.2, 0) is 10.0 Å². The Morgan fingerprint density at radius 2 is 1.86 bits per heavy atom. The number of aliphatic hydroxyl groups is 1. The molecular formula is C15H19NO3S2. The summed E-state index contributed by atoms with van der Waals surface area (Å²) in [6, 6.07) is 10.5. The number of nitrogens with zero attached hydrogens (tertiary/aromatic N) is 1. The first-order valence-corrected chi connectivity index (χ1v) is 8.91. The largest absolute Gasteiger partial charge is 0.392 e. The summed E-state index contributed by atoms with van der Waals surface area (Å²) in [6.07, 6.45) is -0.750. The van der Waals surface area contributed by atoms with Crippen molar-refractivity contribution in [3.05, 3.63) is 46.2 Å². The number of hydrogen-bond donors (Lipinski definition) is 1. The lowest BCUT2D eigenvalue weighted by Gasteiger charge is -2.25. The maximum absolute atomic E-state index is 12.9. The number of benzene rings is 1. The molecule has 0 saturated heterocycles. The van der Waals surface area contributed by atoms with Gasteiger partial charge in [-0.25, -0.2) is 8.42 Å². The van der Waals surface area contributed by atoms with Gasteiger partial charge < -0.3 is 5.11 Å². The molecule has 2 aromatic rings. The molecule has 0 aliphatic rings. The van der Waals surface area contributed by atoms with E-state index in [4.69, 9.17) is 0 Å². The first-order valence-electron chi connectivity index (χ1n) is 6.65. The Morgan fingerprint density at radius 3 is 2.33 bits per heavy atom. The molecule has 21 heavy (non-hydrogen) atoms. The van der Waals surface area contributed by atoms with Gasteiger partial charge in [-0.3, -0.25) is 4.31 Å². The standard InChI is InChI=1S/C15H19NO3S2/c1-11(17)10-16(14-7-5-4-6-8-14)21(18,19)15-9-12(2)20-13(15)3/h4-9,11,17H,10H2,1-3H3. The molecule has 1 heterocycles. The number of rotatable bonds is 5. The highest BCUT2D eigenvalue weighted by Crippen LogP contribution is 2.30. The van der Waals surface area contributed by atoms with Crippen molar-refractivity contribution >= 4 is 27.0 Å². The van der Waals surface area contributed by atoms with E-state index >= 15 is 0 Å². The summed E-state index contributed by atoms with van der Waals surface area (Å²) in [7, 11) is -3.68. The highest BCUT2D eigenvalue weighted by molar-refractivity contribution is 7.93. The Bertz CT molecular complexity index is 706. The quantitative estimate of drug-likeness (QED) is 0.919. The van der Waals surface area contributed by atoms with Crippen molar-refractivity contribution in [3.8, 4) is 0 Å². The van der Waals surface area contributed by atoms with E-state index in [1.165, 1.54) is 15.6 Å². The smallest absolute Gasteiger partial charge is 0.265 e. The van der Waals surface area contributed by atoms with E-state index in [-0.39, 0.29) is 6.54 Å². The number of sulfonamides is 1. The summed E-state index contributed by atoms with van der Waals surface area (Å²) in [5.74, 6) is 0. The molecular weight excluding hydrogens is 306 g/mol. The predicted octanol–water partition coefficient (Wildman–Crippen LogP) is 2.94. The van der Waals surface area contributed by atoms with Crippen LogP contribution in [0.4, 0.5) is 5.69 Å². The van der Waals surface area contributed by atoms with Crippen LogP contribution in [0.15, 0.2) is 41.3 Å². The molecule has 0 bridgehead atoms. The van der Waals surface area contributed by atoms with Gasteiger partial charge in [0, 0.05) is 9.75 Å². The number of hydrogen-bond acceptors (Lipinski definition) is 4. The molecule has 0 aliphatic heterocycles. The topological polar surface area (TPSA) is 57.6 Å². The fourth-order valence-corrected chi connectivity index (χ4v) is 5.23. The third-order valence-electron chi connectivity index (χ3n) is 3.04. The third kappa shape index (κ3) is 3.45. The first kappa shape index (κ1) is 16.0. The lowest BCUT2D eigenvalue weighted by Crippen LogP contribution is -2.36. The number of aryl methyl sites for hydroxylation is 2. The lowest BCUT2D eigenvalue weighted by molar-refractivity contribution is 0.204. The Labute approximate surface area is 129 Å². The van der Waals surface area contributed by atoms with Gasteiger partial charge in [-0.2, -0.15) is 0 Å². The van der Waals surface area contributed by atoms with E-state index in [9.17, 15) is 13.5 Å². The zero-order valence-electron chi connectivity index (χ0n) is 12.3. The summed E-state index contributed by atoms with van der Waals surface area (Å²) in [5, 5.41) is 9.67. The van der Waals surface area contributed by atoms with Gasteiger partial charge in [0.2, 0.25) is 0 Å². The van der Waals surface area contributed by atoms with Gasteiger partial charge >= 0.3 is 0 Å². The maximum atomic E-state index is 12.9. The minimum atomic E-state index is -3.68. The van der Waals surface area contributed by atoms with Gasteiger partial charge in [0.1, 0.15) is 4.90 Å². The predicted molar refractivity (Wildman–Crippen MR) is 86.4 cm³/mol. The van der Waals surface area contributed by atoms with Crippen LogP contribution in [0, 0.1) is 13.8 Å². The van der Waals surface area contributed by atoms with E-state index in [1.807, 2.05) is 13.0 Å². The molecule has 4 nitrogen and oxygen atoms in total. The van der Waals surface area contributed by atoms with Crippen LogP contribution < -0.4 is 4.31 Å². The average molecular weight is 325 g/mol. The Kier molecular flexibility index (Phi) is 4.70. The van der Waals surface area contributed by atoms with Crippen LogP contribution in [0.1, 0.15) is 16.7 Å². The molecule has 1 N–H and O–H groups in total. The Balaban J connectivity index is 2.52. The fraction of sp³-hybridized carbons (Fsp3) is 0.333. The van der Waals surface area contributed by atoms with Gasteiger partial charge in [0.15, 0.2) is 0 Å². The average Bonchev–Trinajstić information content (AvgIpc) is 2.76. The summed E-state index contributed by atoms with van der Waals surface area (Å²) in [4.78, 5) is 2.03. The molecule has 0 saturated carbocycles. The van der Waals surface area contributed by atoms with Crippen molar-refractivity contribution in [1.29, 1.82) is 0 Å². The molecule has 6 heteroatoms. The highest BCUT2D eigenvalue weighted by atomic mass is 32.2. The summed E-state index contributed by atoms with van der Waals surface area (Å²) in [5.41, 5.74) is 0.557. The van der Waals surface area contributed by atoms with E-state index in [1.54, 1.807) is 44.2 Å². The maximum Gasteiger partial charge on any atom is 0.265 e. The second kappa shape index (κ2) is 6.17. The van der Waals surface area contributed by atoms with Gasteiger partial charge in [0.05, 0.1) is 18.3 Å². The monoisotopic (exact) mass is 325 g/mol. The van der Waals surface area contributed by atoms with E-state index in [2.05, 4.69) is 0 Å². The SMILES string of the molecule is Cc1cc(S(=O)(=O)N(CC(C)O)c2ccccc2)c(C)s1. The summed E-state index contributed by atoms with van der Waals surface area (Å²) < 4.78 is 27.1. The van der Waals surface area contributed by atoms with Gasteiger partial charge in [-0.15, -0.1) is 11.3 Å². The zero-order valence-corrected chi connectivity index (χ0v) is 13.9. The zero-order chi connectivity index (χ0) is 15.6. The molecule has 1 aromatic heterocycles. The van der Waals surface area contributed by atoms with Crippen LogP contribution in [0.25, 0.3) is 0 Å². The van der Waals surface area contributed by atoms with Gasteiger partial charge in [-0.05, 0) is 39.0 Å². The summed E-state index contributed by atoms with van der Waals surface area (Å²) in [6.45, 7) is 5.30. The number of para-hydroxylation sites is 1. The normalized spacial score (nSPS) is 13.1. The van der Waals surface area contributed by atoms with Gasteiger partial charge in [-0.1, -0.05) is 18.2 Å². The minimum absolute atomic E-state index is 0.0285. The van der Waals surface area contributed by atoms with E-state index in [0.717, 1.165) is 9.75 Å². The van der Waals surface area contributed by atoms with Crippen LogP contribution in [0.2, 0.25) is 0 Å². The van der Waals surface area contributed by atoms with Gasteiger partial charge in [0.25, 0.3) is 10.0 Å². The first-order chi connectivity index (χ1) is 9.82. The second-order valence-electron chi connectivity index (χ2n) is 5.00. The molecule has 114 valence electrons. The molecule has 0 spiro atoms. The highest BCUT2D eigenvalue weighted by Gasteiger charge is 2.28. The van der Waals surface area contributed by atoms with Crippen LogP contribution in [0.3, 0.4) is 0 Å². The van der Waals surface area contributed by atoms with E-state index < -0.39 is 16.1 Å². The third-order valence-corrected chi connectivity index (χ3v) is 6.05. The molecule has 0 fully saturated rings. The molecule has 0 aliphatic carbocycles. The molecule has 0 amide bonds. The molecule has 1 aromatic carbocycles. The van der Waals surface area contributed by atoms with Crippen LogP contribution in [-0.4, -0.2) is 26.2 Å². The van der Waals surface area contributed by atoms with Crippen LogP contribution >= 0.6 is 11.3 Å². The van der Waals surface area contributed by atoms with Crippen molar-refractivity contribution in [2.45, 2.75) is 31.8 Å². The molecule has 2 rings (SSSR count). The van der Waals surface area contributed by atoms with E-state index in [0.29, 0.717) is 10.6 Å². The molecule has 0 radical (unpaired) electrons. The van der Waals surface area contributed by atoms with Crippen molar-refractivity contribution in [2.24, 2.45) is 0 Å². The van der Waals surface area contributed by atoms with Crippen molar-refractivity contribution in [3.63, 3.8) is 0 Å². The van der Waals surface area contributed by atoms with Crippen molar-refractivity contribution in [2.75, 3.05) is 10.8 Å². The number of thiophene rings is 1. The number of aliphatic hydroxyl groups excluding tert-OH is 1. The van der Waals surface area contributed by atoms with Crippen LogP contribution in [0.5, 0.6) is 0 Å². The second-order valence-corrected chi connectivity index (χ2v) is 8.29. The molecule has 1 unspecified atom stereocenters. The lowest BCUT2D eigenvalue weighted by atomic mass is 10.3. The fourth-order valence-electron chi connectivity index (χ4n) is 2.16.